The first-order valence-electron chi connectivity index (χ1n) is 17.4. The van der Waals surface area contributed by atoms with Crippen LogP contribution >= 0.6 is 0 Å². The van der Waals surface area contributed by atoms with Crippen molar-refractivity contribution >= 4 is 17.9 Å². The van der Waals surface area contributed by atoms with Gasteiger partial charge in [0.2, 0.25) is 0 Å². The smallest absolute Gasteiger partial charge is 0.339 e. The number of fused-ring (bicyclic) bond motifs is 7. The third-order valence-corrected chi connectivity index (χ3v) is 15.4. The van der Waals surface area contributed by atoms with Crippen molar-refractivity contribution in [1.29, 1.82) is 0 Å². The molecular weight excluding hydrogens is 564 g/mol. The fourth-order valence-electron chi connectivity index (χ4n) is 13.0. The van der Waals surface area contributed by atoms with Gasteiger partial charge in [0, 0.05) is 5.41 Å². The predicted molar refractivity (Wildman–Crippen MR) is 174 cm³/mol. The molecule has 0 aromatic heterocycles. The van der Waals surface area contributed by atoms with E-state index in [2.05, 4.69) is 48.1 Å². The minimum absolute atomic E-state index is 0.0231. The van der Waals surface area contributed by atoms with Gasteiger partial charge >= 0.3 is 17.9 Å². The molecule has 2 N–H and O–H groups in total. The van der Waals surface area contributed by atoms with Crippen molar-refractivity contribution in [1.82, 2.24) is 0 Å². The van der Waals surface area contributed by atoms with E-state index in [0.717, 1.165) is 69.8 Å². The summed E-state index contributed by atoms with van der Waals surface area (Å²) in [4.78, 5) is 38.5. The summed E-state index contributed by atoms with van der Waals surface area (Å²) in [6.45, 7) is 20.3. The minimum Gasteiger partial charge on any atom is -0.481 e. The van der Waals surface area contributed by atoms with Crippen molar-refractivity contribution in [3.63, 3.8) is 0 Å². The zero-order valence-corrected chi connectivity index (χ0v) is 28.5. The number of allylic oxidation sites excluding steroid dienone is 1. The third-order valence-electron chi connectivity index (χ3n) is 15.4. The highest BCUT2D eigenvalue weighted by Gasteiger charge is 2.72. The van der Waals surface area contributed by atoms with E-state index in [1.54, 1.807) is 25.1 Å². The summed E-state index contributed by atoms with van der Waals surface area (Å²) < 4.78 is 6.25. The number of aryl methyl sites for hydroxylation is 1. The lowest BCUT2D eigenvalue weighted by atomic mass is 9.32. The second-order valence-electron chi connectivity index (χ2n) is 17.2. The Labute approximate surface area is 269 Å². The number of benzene rings is 1. The average Bonchev–Trinajstić information content (AvgIpc) is 3.36. The van der Waals surface area contributed by atoms with E-state index in [0.29, 0.717) is 23.3 Å². The molecule has 5 aliphatic carbocycles. The predicted octanol–water partition coefficient (Wildman–Crippen LogP) is 8.96. The Kier molecular flexibility index (Phi) is 7.50. The van der Waals surface area contributed by atoms with Gasteiger partial charge in [-0.25, -0.2) is 9.59 Å². The Bertz CT molecular complexity index is 1440. The van der Waals surface area contributed by atoms with E-state index in [-0.39, 0.29) is 50.7 Å². The SMILES string of the molecule is C=C(C)[C@@H]1CC[C@]2(C(=O)O)CC[C@]3(C)[C@H](CC[C@@H]4[C@@]5(C)CC[C@H](OC(=O)c6cccc(C)c6C(=O)O)C(C)(C)[C@@H]5CC[C@]43C)[C@@H]12. The summed E-state index contributed by atoms with van der Waals surface area (Å²) in [5, 5.41) is 20.5. The number of aromatic carboxylic acids is 1. The molecule has 6 nitrogen and oxygen atoms in total. The summed E-state index contributed by atoms with van der Waals surface area (Å²) in [5.41, 5.74) is 1.23. The first-order valence-corrected chi connectivity index (χ1v) is 17.4. The van der Waals surface area contributed by atoms with Gasteiger partial charge in [-0.05, 0) is 136 Å². The van der Waals surface area contributed by atoms with Crippen LogP contribution in [-0.2, 0) is 9.53 Å². The molecule has 0 radical (unpaired) electrons. The molecule has 0 unspecified atom stereocenters. The second kappa shape index (κ2) is 10.4. The van der Waals surface area contributed by atoms with Crippen LogP contribution < -0.4 is 0 Å². The Morgan fingerprint density at radius 2 is 1.56 bits per heavy atom. The van der Waals surface area contributed by atoms with Gasteiger partial charge in [0.1, 0.15) is 6.10 Å². The lowest BCUT2D eigenvalue weighted by molar-refractivity contribution is -0.248. The van der Waals surface area contributed by atoms with Gasteiger partial charge in [-0.15, -0.1) is 0 Å². The molecule has 1 aromatic carbocycles. The van der Waals surface area contributed by atoms with Crippen LogP contribution in [0.15, 0.2) is 30.4 Å². The van der Waals surface area contributed by atoms with E-state index in [1.165, 1.54) is 0 Å². The maximum atomic E-state index is 13.5. The molecule has 0 bridgehead atoms. The third kappa shape index (κ3) is 4.28. The average molecular weight is 619 g/mol. The number of carbonyl (C=O) groups excluding carboxylic acids is 1. The molecule has 5 fully saturated rings. The summed E-state index contributed by atoms with van der Waals surface area (Å²) in [6, 6.07) is 5.00. The number of hydrogen-bond acceptors (Lipinski definition) is 4. The molecule has 45 heavy (non-hydrogen) atoms. The molecule has 1 aromatic rings. The number of carboxylic acid groups (broad SMARTS) is 2. The van der Waals surface area contributed by atoms with Crippen LogP contribution in [0.1, 0.15) is 132 Å². The van der Waals surface area contributed by atoms with Gasteiger partial charge in [-0.1, -0.05) is 58.9 Å². The first kappa shape index (κ1) is 32.3. The Balaban J connectivity index is 1.29. The first-order chi connectivity index (χ1) is 21.0. The van der Waals surface area contributed by atoms with Crippen molar-refractivity contribution in [2.45, 2.75) is 119 Å². The van der Waals surface area contributed by atoms with Crippen LogP contribution in [0.25, 0.3) is 0 Å². The zero-order chi connectivity index (χ0) is 32.9. The van der Waals surface area contributed by atoms with Gasteiger partial charge in [0.15, 0.2) is 0 Å². The maximum absolute atomic E-state index is 13.5. The van der Waals surface area contributed by atoms with Crippen LogP contribution in [0, 0.1) is 63.6 Å². The largest absolute Gasteiger partial charge is 0.481 e. The molecule has 0 heterocycles. The Morgan fingerprint density at radius 1 is 0.844 bits per heavy atom. The molecule has 0 spiro atoms. The quantitative estimate of drug-likeness (QED) is 0.252. The van der Waals surface area contributed by atoms with E-state index in [4.69, 9.17) is 4.74 Å². The summed E-state index contributed by atoms with van der Waals surface area (Å²) in [6.07, 6.45) is 9.25. The van der Waals surface area contributed by atoms with E-state index < -0.39 is 23.3 Å². The Hall–Kier alpha value is -2.63. The van der Waals surface area contributed by atoms with Crippen molar-refractivity contribution in [2.75, 3.05) is 0 Å². The van der Waals surface area contributed by atoms with Crippen LogP contribution in [0.4, 0.5) is 0 Å². The molecule has 246 valence electrons. The molecule has 0 aliphatic heterocycles. The number of carboxylic acids is 2. The highest BCUT2D eigenvalue weighted by molar-refractivity contribution is 6.03. The second-order valence-corrected chi connectivity index (χ2v) is 17.2. The lowest BCUT2D eigenvalue weighted by Crippen LogP contribution is -2.67. The molecule has 5 aliphatic rings. The molecular formula is C39H54O6. The number of esters is 1. The van der Waals surface area contributed by atoms with Crippen LogP contribution in [0.2, 0.25) is 0 Å². The van der Waals surface area contributed by atoms with Gasteiger partial charge in [0.25, 0.3) is 0 Å². The van der Waals surface area contributed by atoms with Crippen molar-refractivity contribution in [3.8, 4) is 0 Å². The van der Waals surface area contributed by atoms with Crippen molar-refractivity contribution in [3.05, 3.63) is 47.0 Å². The number of rotatable bonds is 5. The highest BCUT2D eigenvalue weighted by atomic mass is 16.5. The van der Waals surface area contributed by atoms with Crippen LogP contribution in [0.5, 0.6) is 0 Å². The van der Waals surface area contributed by atoms with Crippen LogP contribution in [0.3, 0.4) is 0 Å². The van der Waals surface area contributed by atoms with E-state index in [1.807, 2.05) is 0 Å². The van der Waals surface area contributed by atoms with Crippen molar-refractivity contribution in [2.24, 2.45) is 56.7 Å². The fraction of sp³-hybridized carbons (Fsp3) is 0.718. The molecule has 6 heteroatoms. The maximum Gasteiger partial charge on any atom is 0.339 e. The van der Waals surface area contributed by atoms with Crippen LogP contribution in [-0.4, -0.2) is 34.2 Å². The normalized spacial score (nSPS) is 43.2. The minimum atomic E-state index is -1.11. The molecule has 6 rings (SSSR count). The standard InChI is InChI=1S/C39H54O6/c1-22(2)24-14-19-39(34(43)44)21-20-37(7)26(31(24)39)12-13-28-36(6)17-16-29(35(4,5)27(36)15-18-38(28,37)8)45-33(42)25-11-9-10-23(3)30(25)32(40)41/h9-11,24,26-29,31H,1,12-21H2,2-8H3,(H,40,41)(H,43,44)/t24-,26+,27-,28+,29-,31+,36-,37+,38+,39-/m0/s1. The molecule has 10 atom stereocenters. The number of hydrogen-bond donors (Lipinski definition) is 2. The van der Waals surface area contributed by atoms with E-state index in [9.17, 15) is 24.6 Å². The number of ether oxygens (including phenoxy) is 1. The summed E-state index contributed by atoms with van der Waals surface area (Å²) in [5.74, 6) is -0.523. The summed E-state index contributed by atoms with van der Waals surface area (Å²) in [7, 11) is 0. The van der Waals surface area contributed by atoms with Gasteiger partial charge in [-0.2, -0.15) is 0 Å². The van der Waals surface area contributed by atoms with Gasteiger partial charge < -0.3 is 14.9 Å². The topological polar surface area (TPSA) is 101 Å². The lowest BCUT2D eigenvalue weighted by Gasteiger charge is -2.72. The number of aliphatic carboxylic acids is 1. The fourth-order valence-corrected chi connectivity index (χ4v) is 13.0. The Morgan fingerprint density at radius 3 is 2.20 bits per heavy atom. The van der Waals surface area contributed by atoms with Gasteiger partial charge in [-0.3, -0.25) is 4.79 Å². The van der Waals surface area contributed by atoms with Gasteiger partial charge in [0.05, 0.1) is 16.5 Å². The number of carbonyl (C=O) groups is 3. The van der Waals surface area contributed by atoms with E-state index >= 15 is 0 Å². The van der Waals surface area contributed by atoms with Crippen molar-refractivity contribution < 1.29 is 29.3 Å². The molecule has 0 saturated heterocycles. The zero-order valence-electron chi connectivity index (χ0n) is 28.5. The molecule has 5 saturated carbocycles. The molecule has 0 amide bonds. The monoisotopic (exact) mass is 618 g/mol. The summed E-state index contributed by atoms with van der Waals surface area (Å²) >= 11 is 0. The highest BCUT2D eigenvalue weighted by Crippen LogP contribution is 2.77.